The van der Waals surface area contributed by atoms with E-state index in [1.807, 2.05) is 73.1 Å². The van der Waals surface area contributed by atoms with Crippen molar-refractivity contribution in [3.63, 3.8) is 0 Å². The first-order valence-electron chi connectivity index (χ1n) is 14.3. The van der Waals surface area contributed by atoms with Gasteiger partial charge in [0.05, 0.1) is 21.0 Å². The van der Waals surface area contributed by atoms with Crippen LogP contribution in [0.25, 0.3) is 17.6 Å². The van der Waals surface area contributed by atoms with Crippen LogP contribution in [-0.4, -0.2) is 30.7 Å². The smallest absolute Gasteiger partial charge is 0.753 e. The number of nitrogens with zero attached hydrogens (tertiary/aromatic N) is 3. The molecule has 228 valence electrons. The molecule has 0 aliphatic rings. The molecule has 5 aromatic rings. The Morgan fingerprint density at radius 1 is 0.511 bits per heavy atom. The van der Waals surface area contributed by atoms with Crippen LogP contribution in [0.2, 0.25) is 0 Å². The van der Waals surface area contributed by atoms with E-state index in [0.29, 0.717) is 13.1 Å². The molecule has 0 spiro atoms. The SMILES string of the molecule is C(=Cc1ccccc1)C=NCCN=CC=Cc1ccccc1.[Cu+].[N-]=C=S.c1ccc([PH+](c2ccccc2)c2ccccc2)cc1. The maximum Gasteiger partial charge on any atom is 1.00 e. The van der Waals surface area contributed by atoms with E-state index in [2.05, 4.69) is 137 Å². The number of aliphatic imine (C=N–C) groups is 2. The van der Waals surface area contributed by atoms with Crippen molar-refractivity contribution >= 4 is 65.8 Å². The Bertz CT molecular complexity index is 1450. The van der Waals surface area contributed by atoms with E-state index in [1.165, 1.54) is 32.2 Å². The van der Waals surface area contributed by atoms with Crippen LogP contribution in [0.15, 0.2) is 174 Å². The molecule has 0 N–H and O–H groups in total. The first-order chi connectivity index (χ1) is 21.8. The minimum absolute atomic E-state index is 0. The van der Waals surface area contributed by atoms with Crippen molar-refractivity contribution in [1.82, 2.24) is 0 Å². The molecular formula is C39H36CuN3PS+. The van der Waals surface area contributed by atoms with Gasteiger partial charge in [0.15, 0.2) is 0 Å². The quantitative estimate of drug-likeness (QED) is 0.0483. The fraction of sp³-hybridized carbons (Fsp3) is 0.0513. The van der Waals surface area contributed by atoms with Crippen molar-refractivity contribution < 1.29 is 17.1 Å². The molecule has 0 fully saturated rings. The summed E-state index contributed by atoms with van der Waals surface area (Å²) < 4.78 is 0. The Balaban J connectivity index is 0.000000284. The van der Waals surface area contributed by atoms with Crippen molar-refractivity contribution in [1.29, 1.82) is 0 Å². The maximum absolute atomic E-state index is 7.13. The zero-order chi connectivity index (χ0) is 30.9. The summed E-state index contributed by atoms with van der Waals surface area (Å²) in [4.78, 5) is 8.59. The number of allylic oxidation sites excluding steroid dienone is 2. The number of thiocarbonyl (C=S) groups is 1. The number of isothiocyanates is 1. The van der Waals surface area contributed by atoms with E-state index in [1.54, 1.807) is 0 Å². The first-order valence-corrected chi connectivity index (χ1v) is 16.2. The summed E-state index contributed by atoms with van der Waals surface area (Å²) in [7, 11) is -0.877. The van der Waals surface area contributed by atoms with Crippen LogP contribution < -0.4 is 15.9 Å². The van der Waals surface area contributed by atoms with Gasteiger partial charge in [-0.2, -0.15) is 5.16 Å². The van der Waals surface area contributed by atoms with Crippen molar-refractivity contribution in [2.24, 2.45) is 9.98 Å². The topological polar surface area (TPSA) is 47.0 Å². The van der Waals surface area contributed by atoms with Gasteiger partial charge in [-0.25, -0.2) is 0 Å². The van der Waals surface area contributed by atoms with Gasteiger partial charge < -0.3 is 5.41 Å². The van der Waals surface area contributed by atoms with Crippen LogP contribution >= 0.6 is 20.1 Å². The Morgan fingerprint density at radius 3 is 1.07 bits per heavy atom. The standard InChI is InChI=1S/C20H20N2.C18H15P.CNS.Cu/c1-3-9-19(10-4-1)13-7-15-21-17-18-22-16-8-14-20-11-5-2-6-12-20;1-4-10-16(11-5-1)19(17-12-6-2-7-13-17)18-14-8-3-9-15-18;2-1-3;/h1-16H,17-18H2;1-15H;;/q;;-1;+1/p+1. The molecule has 0 aliphatic carbocycles. The van der Waals surface area contributed by atoms with Gasteiger partial charge in [-0.05, 0) is 59.7 Å². The van der Waals surface area contributed by atoms with Crippen LogP contribution in [0.3, 0.4) is 0 Å². The average Bonchev–Trinajstić information content (AvgIpc) is 3.09. The fourth-order valence-electron chi connectivity index (χ4n) is 4.14. The molecule has 0 atom stereocenters. The summed E-state index contributed by atoms with van der Waals surface area (Å²) in [6, 6.07) is 52.9. The molecule has 0 amide bonds. The monoisotopic (exact) mass is 672 g/mol. The number of hydrogen-bond donors (Lipinski definition) is 0. The Morgan fingerprint density at radius 2 is 0.778 bits per heavy atom. The molecule has 3 nitrogen and oxygen atoms in total. The molecule has 0 bridgehead atoms. The third-order valence-electron chi connectivity index (χ3n) is 6.11. The second kappa shape index (κ2) is 24.0. The van der Waals surface area contributed by atoms with Gasteiger partial charge in [-0.15, -0.1) is 0 Å². The van der Waals surface area contributed by atoms with Gasteiger partial charge in [0.1, 0.15) is 15.9 Å². The molecule has 0 heterocycles. The summed E-state index contributed by atoms with van der Waals surface area (Å²) in [5.74, 6) is 0. The van der Waals surface area contributed by atoms with Crippen molar-refractivity contribution in [3.05, 3.63) is 180 Å². The molecule has 0 saturated heterocycles. The van der Waals surface area contributed by atoms with Crippen molar-refractivity contribution in [2.75, 3.05) is 13.1 Å². The fourth-order valence-corrected chi connectivity index (χ4v) is 6.71. The third-order valence-corrected chi connectivity index (χ3v) is 8.84. The summed E-state index contributed by atoms with van der Waals surface area (Å²) in [6.45, 7) is 1.41. The summed E-state index contributed by atoms with van der Waals surface area (Å²) in [5, 5.41) is 12.8. The first kappa shape index (κ1) is 36.9. The summed E-state index contributed by atoms with van der Waals surface area (Å²) in [5.41, 5.74) is 2.36. The molecule has 6 heteroatoms. The van der Waals surface area contributed by atoms with E-state index in [4.69, 9.17) is 5.41 Å². The van der Waals surface area contributed by atoms with Crippen LogP contribution in [0.4, 0.5) is 0 Å². The molecule has 0 radical (unpaired) electrons. The molecule has 5 rings (SSSR count). The number of rotatable bonds is 10. The largest absolute Gasteiger partial charge is 1.00 e. The minimum Gasteiger partial charge on any atom is -0.753 e. The van der Waals surface area contributed by atoms with Gasteiger partial charge in [-0.3, -0.25) is 9.98 Å². The van der Waals surface area contributed by atoms with Gasteiger partial charge in [0, 0.05) is 12.4 Å². The maximum atomic E-state index is 7.13. The van der Waals surface area contributed by atoms with E-state index >= 15 is 0 Å². The second-order valence-electron chi connectivity index (χ2n) is 9.21. The Labute approximate surface area is 285 Å². The molecule has 45 heavy (non-hydrogen) atoms. The predicted octanol–water partition coefficient (Wildman–Crippen LogP) is 8.39. The summed E-state index contributed by atoms with van der Waals surface area (Å²) in [6.07, 6.45) is 11.6. The van der Waals surface area contributed by atoms with E-state index in [-0.39, 0.29) is 17.1 Å². The van der Waals surface area contributed by atoms with Crippen LogP contribution in [0.1, 0.15) is 11.1 Å². The average molecular weight is 673 g/mol. The zero-order valence-electron chi connectivity index (χ0n) is 24.9. The minimum atomic E-state index is -0.877. The van der Waals surface area contributed by atoms with Gasteiger partial charge in [-0.1, -0.05) is 140 Å². The van der Waals surface area contributed by atoms with E-state index < -0.39 is 7.92 Å². The Hall–Kier alpha value is -4.33. The molecular weight excluding hydrogens is 637 g/mol. The molecule has 0 aromatic heterocycles. The summed E-state index contributed by atoms with van der Waals surface area (Å²) >= 11 is 3.70. The third kappa shape index (κ3) is 15.3. The van der Waals surface area contributed by atoms with Crippen molar-refractivity contribution in [3.8, 4) is 0 Å². The van der Waals surface area contributed by atoms with Crippen LogP contribution in [0, 0.1) is 0 Å². The normalized spacial score (nSPS) is 10.6. The van der Waals surface area contributed by atoms with Crippen molar-refractivity contribution in [2.45, 2.75) is 0 Å². The molecule has 0 aliphatic heterocycles. The van der Waals surface area contributed by atoms with Gasteiger partial charge in [0.25, 0.3) is 0 Å². The molecule has 0 unspecified atom stereocenters. The van der Waals surface area contributed by atoms with E-state index in [0.717, 1.165) is 0 Å². The Kier molecular flexibility index (Phi) is 19.7. The number of benzene rings is 5. The van der Waals surface area contributed by atoms with Gasteiger partial charge in [0.2, 0.25) is 0 Å². The van der Waals surface area contributed by atoms with Gasteiger partial charge >= 0.3 is 17.1 Å². The van der Waals surface area contributed by atoms with Crippen LogP contribution in [-0.2, 0) is 17.1 Å². The zero-order valence-corrected chi connectivity index (χ0v) is 27.6. The van der Waals surface area contributed by atoms with E-state index in [9.17, 15) is 0 Å². The molecule has 0 saturated carbocycles. The number of hydrogen-bond acceptors (Lipinski definition) is 3. The second-order valence-corrected chi connectivity index (χ2v) is 11.9. The predicted molar refractivity (Wildman–Crippen MR) is 200 cm³/mol. The molecule has 5 aromatic carbocycles. The van der Waals surface area contributed by atoms with Crippen LogP contribution in [0.5, 0.6) is 0 Å².